The van der Waals surface area contributed by atoms with E-state index in [0.717, 1.165) is 33.8 Å². The van der Waals surface area contributed by atoms with Crippen molar-refractivity contribution in [3.8, 4) is 22.8 Å². The zero-order valence-electron chi connectivity index (χ0n) is 11.6. The number of nitrogens with zero attached hydrogens (tertiary/aromatic N) is 2. The second kappa shape index (κ2) is 4.59. The summed E-state index contributed by atoms with van der Waals surface area (Å²) in [4.78, 5) is 15.7. The van der Waals surface area contributed by atoms with Crippen molar-refractivity contribution in [1.29, 1.82) is 0 Å². The fourth-order valence-corrected chi connectivity index (χ4v) is 2.61. The Hall–Kier alpha value is -2.88. The minimum absolute atomic E-state index is 0.850. The van der Waals surface area contributed by atoms with Gasteiger partial charge in [0.25, 0.3) is 0 Å². The van der Waals surface area contributed by atoms with Crippen LogP contribution in [0.3, 0.4) is 0 Å². The third-order valence-electron chi connectivity index (χ3n) is 3.65. The van der Waals surface area contributed by atoms with Crippen molar-refractivity contribution >= 4 is 11.0 Å². The van der Waals surface area contributed by atoms with Crippen LogP contribution in [0.15, 0.2) is 54.9 Å². The predicted molar refractivity (Wildman–Crippen MR) is 83.8 cm³/mol. The van der Waals surface area contributed by atoms with E-state index < -0.39 is 0 Å². The number of rotatable bonds is 2. The topological polar surface area (TPSA) is 57.4 Å². The van der Waals surface area contributed by atoms with E-state index >= 15 is 0 Å². The summed E-state index contributed by atoms with van der Waals surface area (Å²) in [6.07, 6.45) is 3.59. The van der Waals surface area contributed by atoms with E-state index in [0.29, 0.717) is 0 Å². The van der Waals surface area contributed by atoms with E-state index in [1.807, 2.05) is 36.5 Å². The smallest absolute Gasteiger partial charge is 0.139 e. The van der Waals surface area contributed by atoms with E-state index in [9.17, 15) is 0 Å². The third-order valence-corrected chi connectivity index (χ3v) is 3.65. The van der Waals surface area contributed by atoms with E-state index in [-0.39, 0.29) is 0 Å². The highest BCUT2D eigenvalue weighted by Crippen LogP contribution is 2.30. The summed E-state index contributed by atoms with van der Waals surface area (Å²) in [6, 6.07) is 14.3. The van der Waals surface area contributed by atoms with Gasteiger partial charge in [-0.3, -0.25) is 0 Å². The molecule has 2 aromatic heterocycles. The molecule has 0 aliphatic heterocycles. The summed E-state index contributed by atoms with van der Waals surface area (Å²) in [5.74, 6) is 1.72. The molecule has 102 valence electrons. The molecule has 0 saturated heterocycles. The van der Waals surface area contributed by atoms with Crippen LogP contribution in [0.2, 0.25) is 0 Å². The molecule has 0 radical (unpaired) electrons. The maximum Gasteiger partial charge on any atom is 0.139 e. The summed E-state index contributed by atoms with van der Waals surface area (Å²) in [6.45, 7) is 2.07. The van der Waals surface area contributed by atoms with Crippen LogP contribution >= 0.6 is 0 Å². The van der Waals surface area contributed by atoms with E-state index in [2.05, 4.69) is 34.0 Å². The number of H-pyrrole nitrogens is 2. The van der Waals surface area contributed by atoms with Crippen molar-refractivity contribution in [3.05, 3.63) is 60.4 Å². The van der Waals surface area contributed by atoms with Gasteiger partial charge in [-0.05, 0) is 18.6 Å². The van der Waals surface area contributed by atoms with Crippen molar-refractivity contribution in [2.75, 3.05) is 0 Å². The van der Waals surface area contributed by atoms with Crippen LogP contribution in [-0.2, 0) is 0 Å². The largest absolute Gasteiger partial charge is 0.345 e. The summed E-state index contributed by atoms with van der Waals surface area (Å²) in [5, 5.41) is 0. The van der Waals surface area contributed by atoms with Gasteiger partial charge in [0.2, 0.25) is 0 Å². The van der Waals surface area contributed by atoms with Gasteiger partial charge in [0, 0.05) is 23.5 Å². The monoisotopic (exact) mass is 274 g/mol. The van der Waals surface area contributed by atoms with Crippen molar-refractivity contribution in [1.82, 2.24) is 19.9 Å². The number of aromatic amines is 2. The average Bonchev–Trinajstić information content (AvgIpc) is 3.17. The number of benzene rings is 2. The maximum absolute atomic E-state index is 4.76. The number of aromatic nitrogens is 4. The Morgan fingerprint density at radius 1 is 0.905 bits per heavy atom. The summed E-state index contributed by atoms with van der Waals surface area (Å²) in [5.41, 5.74) is 5.33. The lowest BCUT2D eigenvalue weighted by atomic mass is 10.1. The zero-order valence-corrected chi connectivity index (χ0v) is 11.6. The zero-order chi connectivity index (χ0) is 14.2. The lowest BCUT2D eigenvalue weighted by molar-refractivity contribution is 1.28. The maximum atomic E-state index is 4.76. The molecule has 0 aliphatic rings. The van der Waals surface area contributed by atoms with Crippen LogP contribution in [0.4, 0.5) is 0 Å². The van der Waals surface area contributed by atoms with Crippen LogP contribution in [0.1, 0.15) is 5.56 Å². The van der Waals surface area contributed by atoms with Crippen molar-refractivity contribution in [3.63, 3.8) is 0 Å². The van der Waals surface area contributed by atoms with Gasteiger partial charge in [-0.25, -0.2) is 9.97 Å². The van der Waals surface area contributed by atoms with Gasteiger partial charge in [0.15, 0.2) is 0 Å². The van der Waals surface area contributed by atoms with E-state index in [1.54, 1.807) is 6.20 Å². The molecule has 2 aromatic carbocycles. The van der Waals surface area contributed by atoms with Crippen molar-refractivity contribution < 1.29 is 0 Å². The first-order valence-electron chi connectivity index (χ1n) is 6.87. The third kappa shape index (κ3) is 1.92. The first-order chi connectivity index (χ1) is 10.3. The molecule has 2 N–H and O–H groups in total. The fourth-order valence-electron chi connectivity index (χ4n) is 2.61. The number of para-hydroxylation sites is 1. The number of hydrogen-bond acceptors (Lipinski definition) is 2. The second-order valence-electron chi connectivity index (χ2n) is 5.04. The highest BCUT2D eigenvalue weighted by Gasteiger charge is 2.12. The molecule has 2 heterocycles. The molecular formula is C17H14N4. The first-order valence-corrected chi connectivity index (χ1v) is 6.87. The lowest BCUT2D eigenvalue weighted by Gasteiger charge is -2.04. The Labute approximate surface area is 121 Å². The van der Waals surface area contributed by atoms with Crippen molar-refractivity contribution in [2.24, 2.45) is 0 Å². The average molecular weight is 274 g/mol. The molecule has 0 bridgehead atoms. The highest BCUT2D eigenvalue weighted by atomic mass is 14.9. The summed E-state index contributed by atoms with van der Waals surface area (Å²) in [7, 11) is 0. The van der Waals surface area contributed by atoms with Gasteiger partial charge < -0.3 is 9.97 Å². The van der Waals surface area contributed by atoms with Gasteiger partial charge in [0.1, 0.15) is 11.6 Å². The minimum atomic E-state index is 0.850. The van der Waals surface area contributed by atoms with Gasteiger partial charge in [-0.2, -0.15) is 0 Å². The minimum Gasteiger partial charge on any atom is -0.345 e. The van der Waals surface area contributed by atoms with Gasteiger partial charge in [0.05, 0.1) is 11.0 Å². The summed E-state index contributed by atoms with van der Waals surface area (Å²) >= 11 is 0. The Morgan fingerprint density at radius 2 is 1.71 bits per heavy atom. The number of hydrogen-bond donors (Lipinski definition) is 2. The normalized spacial score (nSPS) is 11.1. The molecule has 0 amide bonds. The second-order valence-corrected chi connectivity index (χ2v) is 5.04. The van der Waals surface area contributed by atoms with E-state index in [1.165, 1.54) is 5.56 Å². The highest BCUT2D eigenvalue weighted by molar-refractivity contribution is 5.85. The molecule has 4 rings (SSSR count). The number of aryl methyl sites for hydroxylation is 1. The summed E-state index contributed by atoms with van der Waals surface area (Å²) < 4.78 is 0. The van der Waals surface area contributed by atoms with Crippen LogP contribution in [0.25, 0.3) is 33.8 Å². The Morgan fingerprint density at radius 3 is 2.43 bits per heavy atom. The van der Waals surface area contributed by atoms with Crippen LogP contribution in [0, 0.1) is 6.92 Å². The number of fused-ring (bicyclic) bond motifs is 1. The van der Waals surface area contributed by atoms with Gasteiger partial charge in [-0.1, -0.05) is 36.4 Å². The Bertz CT molecular complexity index is 904. The molecule has 0 unspecified atom stereocenters. The Kier molecular flexibility index (Phi) is 2.60. The Balaban J connectivity index is 1.95. The predicted octanol–water partition coefficient (Wildman–Crippen LogP) is 3.93. The van der Waals surface area contributed by atoms with Gasteiger partial charge in [-0.15, -0.1) is 0 Å². The molecule has 0 fully saturated rings. The molecule has 4 nitrogen and oxygen atoms in total. The molecule has 4 heteroatoms. The standard InChI is InChI=1S/C17H14N4/c1-11-5-4-8-14-15(11)21-17(20-14)13-7-3-2-6-12(13)16-18-9-10-19-16/h2-10H,1H3,(H,18,19)(H,20,21). The molecule has 0 saturated carbocycles. The first kappa shape index (κ1) is 11.9. The SMILES string of the molecule is Cc1cccc2[nH]c(-c3ccccc3-c3ncc[nH]3)nc12. The fraction of sp³-hybridized carbons (Fsp3) is 0.0588. The number of nitrogens with one attached hydrogen (secondary N) is 2. The number of imidazole rings is 2. The molecule has 0 atom stereocenters. The van der Waals surface area contributed by atoms with E-state index in [4.69, 9.17) is 4.98 Å². The van der Waals surface area contributed by atoms with Crippen LogP contribution < -0.4 is 0 Å². The van der Waals surface area contributed by atoms with Crippen LogP contribution in [-0.4, -0.2) is 19.9 Å². The quantitative estimate of drug-likeness (QED) is 0.582. The molecular weight excluding hydrogens is 260 g/mol. The van der Waals surface area contributed by atoms with Crippen LogP contribution in [0.5, 0.6) is 0 Å². The lowest BCUT2D eigenvalue weighted by Crippen LogP contribution is -1.88. The van der Waals surface area contributed by atoms with Crippen molar-refractivity contribution in [2.45, 2.75) is 6.92 Å². The molecule has 4 aromatic rings. The van der Waals surface area contributed by atoms with Gasteiger partial charge >= 0.3 is 0 Å². The molecule has 21 heavy (non-hydrogen) atoms. The molecule has 0 spiro atoms. The molecule has 0 aliphatic carbocycles.